The number of carbonyl (C=O) groups excluding carboxylic acids is 1. The van der Waals surface area contributed by atoms with E-state index in [1.807, 2.05) is 0 Å². The highest BCUT2D eigenvalue weighted by Gasteiger charge is 2.30. The van der Waals surface area contributed by atoms with Crippen molar-refractivity contribution in [3.63, 3.8) is 0 Å². The molecule has 1 fully saturated rings. The van der Waals surface area contributed by atoms with E-state index < -0.39 is 17.8 Å². The molecule has 0 bridgehead atoms. The number of anilines is 3. The first-order valence-electron chi connectivity index (χ1n) is 8.18. The topological polar surface area (TPSA) is 70.2 Å². The van der Waals surface area contributed by atoms with Gasteiger partial charge in [0.1, 0.15) is 0 Å². The minimum Gasteiger partial charge on any atom is -0.344 e. The molecule has 140 valence electrons. The van der Waals surface area contributed by atoms with E-state index in [0.717, 1.165) is 36.7 Å². The Bertz CT molecular complexity index is 779. The first kappa shape index (κ1) is 18.4. The van der Waals surface area contributed by atoms with Gasteiger partial charge in [-0.15, -0.1) is 10.2 Å². The molecule has 1 unspecified atom stereocenters. The van der Waals surface area contributed by atoms with Crippen LogP contribution in [0.15, 0.2) is 24.3 Å². The van der Waals surface area contributed by atoms with Gasteiger partial charge in [0.2, 0.25) is 10.3 Å². The largest absolute Gasteiger partial charge is 0.416 e. The molecule has 2 heterocycles. The van der Waals surface area contributed by atoms with Gasteiger partial charge in [0.05, 0.1) is 5.56 Å². The van der Waals surface area contributed by atoms with Crippen LogP contribution in [0.3, 0.4) is 0 Å². The number of amides is 2. The van der Waals surface area contributed by atoms with E-state index in [4.69, 9.17) is 0 Å². The van der Waals surface area contributed by atoms with Crippen molar-refractivity contribution in [2.75, 3.05) is 22.1 Å². The van der Waals surface area contributed by atoms with Crippen molar-refractivity contribution in [2.45, 2.75) is 38.4 Å². The lowest BCUT2D eigenvalue weighted by Crippen LogP contribution is -2.37. The second-order valence-corrected chi connectivity index (χ2v) is 7.04. The Labute approximate surface area is 152 Å². The third kappa shape index (κ3) is 4.43. The number of hydrogen-bond acceptors (Lipinski definition) is 5. The fraction of sp³-hybridized carbons (Fsp3) is 0.438. The zero-order valence-electron chi connectivity index (χ0n) is 14.0. The molecule has 2 amide bonds. The van der Waals surface area contributed by atoms with Crippen LogP contribution in [-0.4, -0.2) is 28.8 Å². The van der Waals surface area contributed by atoms with E-state index in [-0.39, 0.29) is 5.69 Å². The van der Waals surface area contributed by atoms with Crippen LogP contribution in [0.2, 0.25) is 0 Å². The van der Waals surface area contributed by atoms with Crippen LogP contribution < -0.4 is 15.5 Å². The summed E-state index contributed by atoms with van der Waals surface area (Å²) in [5, 5.41) is 13.9. The number of alkyl halides is 3. The number of hydrogen-bond donors (Lipinski definition) is 2. The Balaban J connectivity index is 1.62. The zero-order valence-corrected chi connectivity index (χ0v) is 14.8. The van der Waals surface area contributed by atoms with Crippen LogP contribution in [-0.2, 0) is 6.18 Å². The zero-order chi connectivity index (χ0) is 18.7. The maximum Gasteiger partial charge on any atom is 0.416 e. The Morgan fingerprint density at radius 2 is 2.08 bits per heavy atom. The summed E-state index contributed by atoms with van der Waals surface area (Å²) in [6.07, 6.45) is -1.12. The van der Waals surface area contributed by atoms with Gasteiger partial charge in [-0.25, -0.2) is 4.79 Å². The molecule has 0 radical (unpaired) electrons. The Morgan fingerprint density at radius 3 is 2.81 bits per heavy atom. The average molecular weight is 385 g/mol. The van der Waals surface area contributed by atoms with Crippen LogP contribution >= 0.6 is 11.3 Å². The summed E-state index contributed by atoms with van der Waals surface area (Å²) < 4.78 is 38.1. The van der Waals surface area contributed by atoms with Gasteiger partial charge < -0.3 is 10.2 Å². The molecule has 2 N–H and O–H groups in total. The van der Waals surface area contributed by atoms with Crippen molar-refractivity contribution >= 4 is 33.3 Å². The molecule has 3 rings (SSSR count). The van der Waals surface area contributed by atoms with Gasteiger partial charge in [0, 0.05) is 18.3 Å². The van der Waals surface area contributed by atoms with Gasteiger partial charge in [-0.2, -0.15) is 13.2 Å². The molecular weight excluding hydrogens is 367 g/mol. The number of aromatic nitrogens is 2. The third-order valence-electron chi connectivity index (χ3n) is 4.13. The summed E-state index contributed by atoms with van der Waals surface area (Å²) in [5.74, 6) is 0. The van der Waals surface area contributed by atoms with Crippen LogP contribution in [0, 0.1) is 0 Å². The molecule has 0 spiro atoms. The summed E-state index contributed by atoms with van der Waals surface area (Å²) in [6.45, 7) is 3.01. The number of benzene rings is 1. The van der Waals surface area contributed by atoms with Gasteiger partial charge >= 0.3 is 12.2 Å². The minimum absolute atomic E-state index is 0.0479. The van der Waals surface area contributed by atoms with Crippen molar-refractivity contribution < 1.29 is 18.0 Å². The van der Waals surface area contributed by atoms with Crippen molar-refractivity contribution in [2.24, 2.45) is 0 Å². The predicted molar refractivity (Wildman–Crippen MR) is 94.7 cm³/mol. The molecule has 0 aliphatic carbocycles. The van der Waals surface area contributed by atoms with Gasteiger partial charge in [-0.3, -0.25) is 5.32 Å². The second kappa shape index (κ2) is 7.48. The molecule has 1 aliphatic rings. The van der Waals surface area contributed by atoms with Gasteiger partial charge in [0.15, 0.2) is 0 Å². The number of urea groups is 1. The van der Waals surface area contributed by atoms with Crippen molar-refractivity contribution in [1.82, 2.24) is 10.2 Å². The standard InChI is InChI=1S/C16H18F3N5OS/c1-10-5-2-3-8-24(10)15-23-22-14(26-15)21-13(25)20-12-7-4-6-11(9-12)16(17,18)19/h4,6-7,9-10H,2-3,5,8H2,1H3,(H2,20,21,22,25). The number of nitrogens with zero attached hydrogens (tertiary/aromatic N) is 3. The molecule has 1 aromatic carbocycles. The fourth-order valence-corrected chi connectivity index (χ4v) is 3.67. The fourth-order valence-electron chi connectivity index (χ4n) is 2.80. The lowest BCUT2D eigenvalue weighted by Gasteiger charge is -2.32. The number of halogens is 3. The van der Waals surface area contributed by atoms with E-state index in [2.05, 4.69) is 32.7 Å². The molecule has 1 aromatic heterocycles. The summed E-state index contributed by atoms with van der Waals surface area (Å²) in [7, 11) is 0. The number of rotatable bonds is 3. The molecule has 26 heavy (non-hydrogen) atoms. The molecule has 1 aliphatic heterocycles. The Hall–Kier alpha value is -2.36. The summed E-state index contributed by atoms with van der Waals surface area (Å²) in [4.78, 5) is 14.2. The SMILES string of the molecule is CC1CCCCN1c1nnc(NC(=O)Nc2cccc(C(F)(F)F)c2)s1. The van der Waals surface area contributed by atoms with Crippen LogP contribution in [0.4, 0.5) is 33.9 Å². The normalized spacial score (nSPS) is 17.8. The van der Waals surface area contributed by atoms with E-state index in [9.17, 15) is 18.0 Å². The third-order valence-corrected chi connectivity index (χ3v) is 5.01. The van der Waals surface area contributed by atoms with Gasteiger partial charge in [-0.05, 0) is 44.4 Å². The summed E-state index contributed by atoms with van der Waals surface area (Å²) >= 11 is 1.24. The molecule has 0 saturated carbocycles. The van der Waals surface area contributed by atoms with Crippen LogP contribution in [0.5, 0.6) is 0 Å². The predicted octanol–water partition coefficient (Wildman–Crippen LogP) is 4.58. The first-order valence-corrected chi connectivity index (χ1v) is 9.00. The van der Waals surface area contributed by atoms with E-state index >= 15 is 0 Å². The highest BCUT2D eigenvalue weighted by atomic mass is 32.1. The first-order chi connectivity index (χ1) is 12.3. The van der Waals surface area contributed by atoms with Gasteiger partial charge in [0.25, 0.3) is 0 Å². The quantitative estimate of drug-likeness (QED) is 0.811. The molecule has 6 nitrogen and oxygen atoms in total. The maximum atomic E-state index is 12.7. The number of nitrogens with one attached hydrogen (secondary N) is 2. The molecular formula is C16H18F3N5OS. The number of carbonyl (C=O) groups is 1. The number of piperidine rings is 1. The lowest BCUT2D eigenvalue weighted by molar-refractivity contribution is -0.137. The van der Waals surface area contributed by atoms with Crippen LogP contribution in [0.25, 0.3) is 0 Å². The lowest BCUT2D eigenvalue weighted by atomic mass is 10.1. The van der Waals surface area contributed by atoms with E-state index in [1.165, 1.54) is 29.9 Å². The molecule has 2 aromatic rings. The smallest absolute Gasteiger partial charge is 0.344 e. The highest BCUT2D eigenvalue weighted by molar-refractivity contribution is 7.19. The van der Waals surface area contributed by atoms with Gasteiger partial charge in [-0.1, -0.05) is 17.4 Å². The molecule has 1 saturated heterocycles. The van der Waals surface area contributed by atoms with E-state index in [1.54, 1.807) is 0 Å². The second-order valence-electron chi connectivity index (χ2n) is 6.09. The highest BCUT2D eigenvalue weighted by Crippen LogP contribution is 2.31. The Kier molecular flexibility index (Phi) is 5.30. The average Bonchev–Trinajstić information content (AvgIpc) is 3.02. The van der Waals surface area contributed by atoms with Crippen molar-refractivity contribution in [1.29, 1.82) is 0 Å². The summed E-state index contributed by atoms with van der Waals surface area (Å²) in [6, 6.07) is 4.14. The Morgan fingerprint density at radius 1 is 1.27 bits per heavy atom. The maximum absolute atomic E-state index is 12.7. The van der Waals surface area contributed by atoms with Crippen molar-refractivity contribution in [3.05, 3.63) is 29.8 Å². The summed E-state index contributed by atoms with van der Waals surface area (Å²) in [5.41, 5.74) is -0.778. The minimum atomic E-state index is -4.46. The molecule has 10 heteroatoms. The molecule has 1 atom stereocenters. The van der Waals surface area contributed by atoms with Crippen molar-refractivity contribution in [3.8, 4) is 0 Å². The monoisotopic (exact) mass is 385 g/mol. The van der Waals surface area contributed by atoms with E-state index in [0.29, 0.717) is 11.2 Å². The van der Waals surface area contributed by atoms with Crippen LogP contribution in [0.1, 0.15) is 31.7 Å².